The number of carbonyl (C=O) groups is 1. The van der Waals surface area contributed by atoms with Gasteiger partial charge in [-0.2, -0.15) is 4.99 Å². The van der Waals surface area contributed by atoms with Crippen LogP contribution in [0.25, 0.3) is 0 Å². The number of guanidine groups is 1. The Morgan fingerprint density at radius 3 is 2.52 bits per heavy atom. The third-order valence-corrected chi connectivity index (χ3v) is 5.37. The molecule has 0 aliphatic heterocycles. The van der Waals surface area contributed by atoms with Gasteiger partial charge < -0.3 is 26.3 Å². The van der Waals surface area contributed by atoms with Crippen LogP contribution in [-0.2, 0) is 16.3 Å². The average molecular weight is 443 g/mol. The number of nitrogens with two attached hydrogens (primary N) is 2. The monoisotopic (exact) mass is 443 g/mol. The van der Waals surface area contributed by atoms with Crippen molar-refractivity contribution in [1.29, 1.82) is 0 Å². The van der Waals surface area contributed by atoms with E-state index in [2.05, 4.69) is 15.0 Å². The third-order valence-electron chi connectivity index (χ3n) is 4.26. The van der Waals surface area contributed by atoms with E-state index in [1.54, 1.807) is 36.7 Å². The molecule has 1 aromatic heterocycles. The quantitative estimate of drug-likeness (QED) is 0.312. The molecule has 1 atom stereocenters. The highest BCUT2D eigenvalue weighted by Gasteiger charge is 2.19. The van der Waals surface area contributed by atoms with E-state index < -0.39 is 27.8 Å². The number of nitrogens with one attached hydrogen (secondary N) is 1. The summed E-state index contributed by atoms with van der Waals surface area (Å²) in [6.45, 7) is 0. The van der Waals surface area contributed by atoms with E-state index >= 15 is 0 Å². The number of aliphatic hydroxyl groups is 1. The van der Waals surface area contributed by atoms with Crippen LogP contribution in [0.5, 0.6) is 11.5 Å². The van der Waals surface area contributed by atoms with Gasteiger partial charge in [-0.3, -0.25) is 4.79 Å². The number of aromatic amines is 1. The largest absolute Gasteiger partial charge is 0.456 e. The molecule has 1 heterocycles. The first kappa shape index (κ1) is 22.0. The molecule has 0 saturated carbocycles. The van der Waals surface area contributed by atoms with Crippen LogP contribution in [0.1, 0.15) is 27.8 Å². The Balaban J connectivity index is 1.83. The van der Waals surface area contributed by atoms with Crippen molar-refractivity contribution >= 4 is 21.7 Å². The summed E-state index contributed by atoms with van der Waals surface area (Å²) in [4.78, 5) is 22.2. The predicted octanol–water partition coefficient (Wildman–Crippen LogP) is 1.30. The standard InChI is InChI=1S/C20H21N5O5S/c1-31(28,29)17-10-13(19(27)25-20(21)22)4-7-16(17)30-14-5-2-12(3-6-14)15(26)11-18-23-8-9-24-18/h2-10,15,26H,11H2,1H3,(H,23,24)(H4,21,22,25,27). The van der Waals surface area contributed by atoms with Crippen molar-refractivity contribution in [3.05, 3.63) is 71.8 Å². The minimum atomic E-state index is -3.73. The number of amides is 1. The molecule has 0 radical (unpaired) electrons. The summed E-state index contributed by atoms with van der Waals surface area (Å²) >= 11 is 0. The van der Waals surface area contributed by atoms with Gasteiger partial charge in [0.1, 0.15) is 22.2 Å². The fourth-order valence-electron chi connectivity index (χ4n) is 2.79. The molecule has 0 bridgehead atoms. The van der Waals surface area contributed by atoms with E-state index in [0.717, 1.165) is 12.3 Å². The van der Waals surface area contributed by atoms with Crippen LogP contribution in [0.15, 0.2) is 64.7 Å². The highest BCUT2D eigenvalue weighted by molar-refractivity contribution is 7.90. The smallest absolute Gasteiger partial charge is 0.280 e. The number of nitrogens with zero attached hydrogens (tertiary/aromatic N) is 2. The zero-order chi connectivity index (χ0) is 22.6. The fraction of sp³-hybridized carbons (Fsp3) is 0.150. The number of H-pyrrole nitrogens is 1. The number of benzene rings is 2. The number of aromatic nitrogens is 2. The van der Waals surface area contributed by atoms with Gasteiger partial charge in [-0.15, -0.1) is 0 Å². The van der Waals surface area contributed by atoms with Gasteiger partial charge in [0.05, 0.1) is 6.10 Å². The van der Waals surface area contributed by atoms with E-state index in [0.29, 0.717) is 23.6 Å². The van der Waals surface area contributed by atoms with Gasteiger partial charge in [0.2, 0.25) is 0 Å². The Kier molecular flexibility index (Phi) is 6.37. The number of hydrogen-bond donors (Lipinski definition) is 4. The molecule has 0 spiro atoms. The normalized spacial score (nSPS) is 12.2. The van der Waals surface area contributed by atoms with E-state index in [4.69, 9.17) is 16.2 Å². The van der Waals surface area contributed by atoms with Crippen LogP contribution < -0.4 is 16.2 Å². The van der Waals surface area contributed by atoms with E-state index in [9.17, 15) is 18.3 Å². The Morgan fingerprint density at radius 2 is 1.94 bits per heavy atom. The first-order valence-electron chi connectivity index (χ1n) is 9.05. The van der Waals surface area contributed by atoms with Crippen molar-refractivity contribution in [3.8, 4) is 11.5 Å². The van der Waals surface area contributed by atoms with Crippen LogP contribution in [0.3, 0.4) is 0 Å². The van der Waals surface area contributed by atoms with Crippen molar-refractivity contribution in [3.63, 3.8) is 0 Å². The Hall–Kier alpha value is -3.70. The first-order chi connectivity index (χ1) is 14.6. The molecule has 2 aromatic carbocycles. The highest BCUT2D eigenvalue weighted by Crippen LogP contribution is 2.31. The Labute approximate surface area is 178 Å². The Bertz CT molecular complexity index is 1200. The molecule has 0 aliphatic carbocycles. The molecule has 162 valence electrons. The molecular formula is C20H21N5O5S. The number of rotatable bonds is 7. The zero-order valence-electron chi connectivity index (χ0n) is 16.5. The molecule has 31 heavy (non-hydrogen) atoms. The summed E-state index contributed by atoms with van der Waals surface area (Å²) in [7, 11) is -3.73. The number of ether oxygens (including phenoxy) is 1. The van der Waals surface area contributed by atoms with Gasteiger partial charge in [-0.1, -0.05) is 12.1 Å². The minimum absolute atomic E-state index is 0.00225. The van der Waals surface area contributed by atoms with Crippen molar-refractivity contribution in [1.82, 2.24) is 9.97 Å². The van der Waals surface area contributed by atoms with Gasteiger partial charge in [-0.05, 0) is 35.9 Å². The minimum Gasteiger partial charge on any atom is -0.456 e. The molecule has 1 amide bonds. The highest BCUT2D eigenvalue weighted by atomic mass is 32.2. The van der Waals surface area contributed by atoms with Gasteiger partial charge in [-0.25, -0.2) is 13.4 Å². The summed E-state index contributed by atoms with van der Waals surface area (Å²) < 4.78 is 30.2. The van der Waals surface area contributed by atoms with Crippen LogP contribution in [-0.4, -0.2) is 41.6 Å². The number of hydrogen-bond acceptors (Lipinski definition) is 6. The topological polar surface area (TPSA) is 174 Å². The molecule has 1 unspecified atom stereocenters. The van der Waals surface area contributed by atoms with Crippen molar-refractivity contribution in [2.24, 2.45) is 16.5 Å². The second kappa shape index (κ2) is 8.98. The zero-order valence-corrected chi connectivity index (χ0v) is 17.3. The predicted molar refractivity (Wildman–Crippen MR) is 113 cm³/mol. The lowest BCUT2D eigenvalue weighted by atomic mass is 10.1. The van der Waals surface area contributed by atoms with E-state index in [-0.39, 0.29) is 16.2 Å². The molecule has 3 rings (SSSR count). The lowest BCUT2D eigenvalue weighted by Crippen LogP contribution is -2.24. The maximum absolute atomic E-state index is 12.2. The molecule has 3 aromatic rings. The number of aliphatic imine (C=N–C) groups is 1. The lowest BCUT2D eigenvalue weighted by molar-refractivity contribution is 0.100. The van der Waals surface area contributed by atoms with Crippen LogP contribution in [0.2, 0.25) is 0 Å². The molecule has 6 N–H and O–H groups in total. The summed E-state index contributed by atoms with van der Waals surface area (Å²) in [5.41, 5.74) is 11.0. The summed E-state index contributed by atoms with van der Waals surface area (Å²) in [5.74, 6) is -0.164. The van der Waals surface area contributed by atoms with Crippen molar-refractivity contribution < 1.29 is 23.1 Å². The second-order valence-corrected chi connectivity index (χ2v) is 8.69. The summed E-state index contributed by atoms with van der Waals surface area (Å²) in [5, 5.41) is 10.3. The maximum Gasteiger partial charge on any atom is 0.280 e. The summed E-state index contributed by atoms with van der Waals surface area (Å²) in [6, 6.07) is 10.4. The van der Waals surface area contributed by atoms with Crippen LogP contribution >= 0.6 is 0 Å². The van der Waals surface area contributed by atoms with Crippen LogP contribution in [0, 0.1) is 0 Å². The third kappa shape index (κ3) is 5.68. The maximum atomic E-state index is 12.2. The molecule has 0 aliphatic rings. The SMILES string of the molecule is CS(=O)(=O)c1cc(C(=O)N=C(N)N)ccc1Oc1ccc(C(O)Cc2ncc[nH]2)cc1. The first-order valence-corrected chi connectivity index (χ1v) is 10.9. The number of carbonyl (C=O) groups excluding carboxylic acids is 1. The van der Waals surface area contributed by atoms with Gasteiger partial charge >= 0.3 is 0 Å². The second-order valence-electron chi connectivity index (χ2n) is 6.70. The van der Waals surface area contributed by atoms with Gasteiger partial charge in [0, 0.05) is 30.6 Å². The summed E-state index contributed by atoms with van der Waals surface area (Å²) in [6.07, 6.45) is 3.82. The van der Waals surface area contributed by atoms with E-state index in [1.807, 2.05) is 0 Å². The fourth-order valence-corrected chi connectivity index (χ4v) is 3.61. The van der Waals surface area contributed by atoms with Crippen LogP contribution in [0.4, 0.5) is 0 Å². The lowest BCUT2D eigenvalue weighted by Gasteiger charge is -2.13. The van der Waals surface area contributed by atoms with E-state index in [1.165, 1.54) is 12.1 Å². The van der Waals surface area contributed by atoms with Crippen molar-refractivity contribution in [2.45, 2.75) is 17.4 Å². The molecule has 11 heteroatoms. The Morgan fingerprint density at radius 1 is 1.23 bits per heavy atom. The van der Waals surface area contributed by atoms with Crippen molar-refractivity contribution in [2.75, 3.05) is 6.26 Å². The molecular weight excluding hydrogens is 422 g/mol. The molecule has 0 saturated heterocycles. The number of aliphatic hydroxyl groups excluding tert-OH is 1. The molecule has 10 nitrogen and oxygen atoms in total. The van der Waals surface area contributed by atoms with Gasteiger partial charge in [0.25, 0.3) is 5.91 Å². The number of imidazole rings is 1. The van der Waals surface area contributed by atoms with Gasteiger partial charge in [0.15, 0.2) is 15.8 Å². The average Bonchev–Trinajstić information content (AvgIpc) is 3.20. The molecule has 0 fully saturated rings. The number of sulfone groups is 1.